The summed E-state index contributed by atoms with van der Waals surface area (Å²) in [5.74, 6) is -0.129. The Balaban J connectivity index is 2.53. The molecule has 1 aromatic carbocycles. The zero-order valence-corrected chi connectivity index (χ0v) is 15.0. The van der Waals surface area contributed by atoms with Crippen LogP contribution in [0.2, 0.25) is 5.02 Å². The van der Waals surface area contributed by atoms with Gasteiger partial charge in [0.05, 0.1) is 12.6 Å². The molecule has 1 unspecified atom stereocenters. The molecule has 0 aliphatic carbocycles. The van der Waals surface area contributed by atoms with Crippen molar-refractivity contribution in [1.29, 1.82) is 0 Å². The van der Waals surface area contributed by atoms with Gasteiger partial charge in [-0.05, 0) is 39.3 Å². The van der Waals surface area contributed by atoms with Crippen LogP contribution in [-0.4, -0.2) is 37.5 Å². The highest BCUT2D eigenvalue weighted by Gasteiger charge is 2.19. The van der Waals surface area contributed by atoms with E-state index in [2.05, 4.69) is 10.6 Å². The zero-order valence-electron chi connectivity index (χ0n) is 14.3. The molecule has 0 aliphatic rings. The van der Waals surface area contributed by atoms with Crippen LogP contribution < -0.4 is 15.5 Å². The van der Waals surface area contributed by atoms with Gasteiger partial charge in [-0.25, -0.2) is 0 Å². The third-order valence-corrected chi connectivity index (χ3v) is 3.86. The molecule has 0 radical (unpaired) electrons. The van der Waals surface area contributed by atoms with Crippen molar-refractivity contribution < 1.29 is 14.5 Å². The van der Waals surface area contributed by atoms with E-state index < -0.39 is 0 Å². The van der Waals surface area contributed by atoms with E-state index in [1.165, 1.54) is 0 Å². The average Bonchev–Trinajstić information content (AvgIpc) is 2.45. The number of carbonyl (C=O) groups excluding carboxylic acids is 2. The van der Waals surface area contributed by atoms with Crippen molar-refractivity contribution in [2.75, 3.05) is 19.6 Å². The lowest BCUT2D eigenvalue weighted by molar-refractivity contribution is -0.881. The zero-order chi connectivity index (χ0) is 17.4. The number of hydrogen-bond acceptors (Lipinski definition) is 2. The molecule has 1 aromatic rings. The van der Waals surface area contributed by atoms with Crippen LogP contribution in [0.4, 0.5) is 0 Å². The van der Waals surface area contributed by atoms with Crippen LogP contribution in [0.15, 0.2) is 24.3 Å². The Morgan fingerprint density at radius 2 is 1.65 bits per heavy atom. The third-order valence-electron chi connectivity index (χ3n) is 3.52. The van der Waals surface area contributed by atoms with E-state index >= 15 is 0 Å². The standard InChI is InChI=1S/C17H26ClN3O2/c1-5-21(10-16(22)19-12(2)3)11-17(23)20-13(4)14-8-6-7-9-15(14)18/h6-9,12-13H,5,10-11H2,1-4H3,(H,19,22)(H,20,23)/p+1/t13-/m0/s1. The predicted octanol–water partition coefficient (Wildman–Crippen LogP) is 0.947. The Bertz CT molecular complexity index is 534. The Morgan fingerprint density at radius 1 is 1.09 bits per heavy atom. The van der Waals surface area contributed by atoms with E-state index in [1.807, 2.05) is 45.9 Å². The second-order valence-corrected chi connectivity index (χ2v) is 6.40. The molecule has 0 aliphatic heterocycles. The van der Waals surface area contributed by atoms with E-state index in [0.717, 1.165) is 10.5 Å². The number of amides is 2. The molecule has 2 atom stereocenters. The van der Waals surface area contributed by atoms with Gasteiger partial charge in [0.1, 0.15) is 0 Å². The summed E-state index contributed by atoms with van der Waals surface area (Å²) < 4.78 is 0. The summed E-state index contributed by atoms with van der Waals surface area (Å²) in [6.07, 6.45) is 0. The lowest BCUT2D eigenvalue weighted by Crippen LogP contribution is -3.14. The molecule has 6 heteroatoms. The van der Waals surface area contributed by atoms with Crippen molar-refractivity contribution in [2.24, 2.45) is 0 Å². The molecule has 0 fully saturated rings. The number of nitrogens with one attached hydrogen (secondary N) is 3. The number of carbonyl (C=O) groups is 2. The Labute approximate surface area is 143 Å². The summed E-state index contributed by atoms with van der Waals surface area (Å²) in [6.45, 7) is 8.96. The number of likely N-dealkylation sites (N-methyl/N-ethyl adjacent to an activating group) is 1. The van der Waals surface area contributed by atoms with E-state index in [4.69, 9.17) is 11.6 Å². The topological polar surface area (TPSA) is 62.6 Å². The molecule has 3 N–H and O–H groups in total. The maximum absolute atomic E-state index is 12.2. The fourth-order valence-corrected chi connectivity index (χ4v) is 2.64. The quantitative estimate of drug-likeness (QED) is 0.659. The molecule has 5 nitrogen and oxygen atoms in total. The molecule has 0 saturated carbocycles. The van der Waals surface area contributed by atoms with Crippen LogP contribution in [0.1, 0.15) is 39.3 Å². The Kier molecular flexibility index (Phi) is 8.06. The van der Waals surface area contributed by atoms with E-state index in [0.29, 0.717) is 18.1 Å². The number of benzene rings is 1. The average molecular weight is 341 g/mol. The fourth-order valence-electron chi connectivity index (χ4n) is 2.34. The van der Waals surface area contributed by atoms with E-state index in [9.17, 15) is 9.59 Å². The van der Waals surface area contributed by atoms with Crippen molar-refractivity contribution in [1.82, 2.24) is 10.6 Å². The molecule has 128 valence electrons. The van der Waals surface area contributed by atoms with Gasteiger partial charge in [0, 0.05) is 11.1 Å². The summed E-state index contributed by atoms with van der Waals surface area (Å²) in [5.41, 5.74) is 0.887. The second-order valence-electron chi connectivity index (χ2n) is 5.99. The fraction of sp³-hybridized carbons (Fsp3) is 0.529. The van der Waals surface area contributed by atoms with Gasteiger partial charge in [-0.2, -0.15) is 0 Å². The smallest absolute Gasteiger partial charge is 0.275 e. The number of quaternary nitrogens is 1. The lowest BCUT2D eigenvalue weighted by Gasteiger charge is -2.20. The summed E-state index contributed by atoms with van der Waals surface area (Å²) in [7, 11) is 0. The van der Waals surface area contributed by atoms with Crippen LogP contribution in [0.25, 0.3) is 0 Å². The molecule has 2 amide bonds. The molecular formula is C17H27ClN3O2+. The first-order valence-corrected chi connectivity index (χ1v) is 8.38. The van der Waals surface area contributed by atoms with E-state index in [-0.39, 0.29) is 30.4 Å². The summed E-state index contributed by atoms with van der Waals surface area (Å²) >= 11 is 6.14. The molecular weight excluding hydrogens is 314 g/mol. The highest BCUT2D eigenvalue weighted by molar-refractivity contribution is 6.31. The molecule has 0 heterocycles. The maximum atomic E-state index is 12.2. The lowest BCUT2D eigenvalue weighted by atomic mass is 10.1. The van der Waals surface area contributed by atoms with Gasteiger partial charge in [0.2, 0.25) is 0 Å². The van der Waals surface area contributed by atoms with Gasteiger partial charge < -0.3 is 15.5 Å². The van der Waals surface area contributed by atoms with Gasteiger partial charge in [-0.3, -0.25) is 9.59 Å². The number of halogens is 1. The number of hydrogen-bond donors (Lipinski definition) is 3. The maximum Gasteiger partial charge on any atom is 0.275 e. The minimum atomic E-state index is -0.168. The van der Waals surface area contributed by atoms with Crippen LogP contribution in [-0.2, 0) is 9.59 Å². The first-order valence-electron chi connectivity index (χ1n) is 8.00. The number of rotatable bonds is 8. The van der Waals surface area contributed by atoms with Gasteiger partial charge in [0.15, 0.2) is 13.1 Å². The van der Waals surface area contributed by atoms with Gasteiger partial charge in [-0.1, -0.05) is 29.8 Å². The molecule has 0 saturated heterocycles. The van der Waals surface area contributed by atoms with Crippen LogP contribution in [0, 0.1) is 0 Å². The van der Waals surface area contributed by atoms with Gasteiger partial charge >= 0.3 is 0 Å². The molecule has 0 spiro atoms. The first-order chi connectivity index (χ1) is 10.8. The largest absolute Gasteiger partial charge is 0.349 e. The minimum Gasteiger partial charge on any atom is -0.349 e. The monoisotopic (exact) mass is 340 g/mol. The highest BCUT2D eigenvalue weighted by Crippen LogP contribution is 2.21. The van der Waals surface area contributed by atoms with Crippen LogP contribution in [0.3, 0.4) is 0 Å². The highest BCUT2D eigenvalue weighted by atomic mass is 35.5. The molecule has 0 aromatic heterocycles. The summed E-state index contributed by atoms with van der Waals surface area (Å²) in [6, 6.07) is 7.39. The molecule has 1 rings (SSSR count). The third kappa shape index (κ3) is 7.01. The van der Waals surface area contributed by atoms with Crippen molar-refractivity contribution in [2.45, 2.75) is 39.8 Å². The van der Waals surface area contributed by atoms with E-state index in [1.54, 1.807) is 6.07 Å². The summed E-state index contributed by atoms with van der Waals surface area (Å²) in [5, 5.41) is 6.42. The normalized spacial score (nSPS) is 13.5. The Hall–Kier alpha value is -1.59. The van der Waals surface area contributed by atoms with Gasteiger partial charge in [0.25, 0.3) is 11.8 Å². The van der Waals surface area contributed by atoms with Crippen molar-refractivity contribution in [3.05, 3.63) is 34.9 Å². The second kappa shape index (κ2) is 9.53. The van der Waals surface area contributed by atoms with Gasteiger partial charge in [-0.15, -0.1) is 0 Å². The van der Waals surface area contributed by atoms with Crippen LogP contribution >= 0.6 is 11.6 Å². The van der Waals surface area contributed by atoms with Crippen molar-refractivity contribution in [3.63, 3.8) is 0 Å². The minimum absolute atomic E-state index is 0.0381. The van der Waals surface area contributed by atoms with Crippen molar-refractivity contribution in [3.8, 4) is 0 Å². The predicted molar refractivity (Wildman–Crippen MR) is 92.5 cm³/mol. The summed E-state index contributed by atoms with van der Waals surface area (Å²) in [4.78, 5) is 24.9. The van der Waals surface area contributed by atoms with Crippen LogP contribution in [0.5, 0.6) is 0 Å². The first kappa shape index (κ1) is 19.5. The molecule has 0 bridgehead atoms. The molecule has 23 heavy (non-hydrogen) atoms. The van der Waals surface area contributed by atoms with Crippen molar-refractivity contribution >= 4 is 23.4 Å². The SMILES string of the molecule is CC[NH+](CC(=O)NC(C)C)CC(=O)N[C@@H](C)c1ccccc1Cl. The Morgan fingerprint density at radius 3 is 2.17 bits per heavy atom.